The first-order valence-corrected chi connectivity index (χ1v) is 6.07. The fourth-order valence-corrected chi connectivity index (χ4v) is 2.56. The van der Waals surface area contributed by atoms with E-state index in [1.165, 1.54) is 0 Å². The van der Waals surface area contributed by atoms with Gasteiger partial charge >= 0.3 is 0 Å². The molecule has 5 nitrogen and oxygen atoms in total. The first-order chi connectivity index (χ1) is 8.63. The Morgan fingerprint density at radius 3 is 3.06 bits per heavy atom. The van der Waals surface area contributed by atoms with Crippen molar-refractivity contribution in [3.8, 4) is 0 Å². The number of carbonyl (C=O) groups is 1. The Hall–Kier alpha value is -1.71. The Labute approximate surface area is 110 Å². The standard InChI is InChI=1S/C12H13ClN4O/c1-8-3-2-4-10(13)12(8)17-7-9(5-11(17)18)6-15-16-14/h2-4,9H,5-7H2,1H3. The van der Waals surface area contributed by atoms with Crippen LogP contribution in [0.1, 0.15) is 12.0 Å². The minimum absolute atomic E-state index is 0.0318. The Kier molecular flexibility index (Phi) is 3.75. The fraction of sp³-hybridized carbons (Fsp3) is 0.417. The van der Waals surface area contributed by atoms with Gasteiger partial charge in [-0.1, -0.05) is 28.8 Å². The second-order valence-corrected chi connectivity index (χ2v) is 4.80. The summed E-state index contributed by atoms with van der Waals surface area (Å²) < 4.78 is 0. The van der Waals surface area contributed by atoms with Crippen LogP contribution in [-0.4, -0.2) is 19.0 Å². The lowest BCUT2D eigenvalue weighted by Crippen LogP contribution is -2.25. The van der Waals surface area contributed by atoms with Crippen molar-refractivity contribution < 1.29 is 4.79 Å². The molecule has 1 aromatic rings. The molecule has 0 saturated carbocycles. The number of halogens is 1. The van der Waals surface area contributed by atoms with Gasteiger partial charge in [-0.05, 0) is 30.0 Å². The van der Waals surface area contributed by atoms with Gasteiger partial charge in [0.2, 0.25) is 5.91 Å². The number of carbonyl (C=O) groups excluding carboxylic acids is 1. The molecule has 0 spiro atoms. The maximum absolute atomic E-state index is 12.0. The third-order valence-electron chi connectivity index (χ3n) is 3.07. The smallest absolute Gasteiger partial charge is 0.227 e. The van der Waals surface area contributed by atoms with Gasteiger partial charge < -0.3 is 4.90 Å². The molecule has 0 aliphatic carbocycles. The van der Waals surface area contributed by atoms with Crippen LogP contribution in [0.4, 0.5) is 5.69 Å². The lowest BCUT2D eigenvalue weighted by Gasteiger charge is -2.20. The lowest BCUT2D eigenvalue weighted by atomic mass is 10.1. The molecule has 1 unspecified atom stereocenters. The molecule has 1 amide bonds. The zero-order valence-corrected chi connectivity index (χ0v) is 10.8. The van der Waals surface area contributed by atoms with E-state index >= 15 is 0 Å². The van der Waals surface area contributed by atoms with E-state index in [9.17, 15) is 4.79 Å². The predicted molar refractivity (Wildman–Crippen MR) is 70.7 cm³/mol. The SMILES string of the molecule is Cc1cccc(Cl)c1N1CC(CN=[N+]=[N-])CC1=O. The van der Waals surface area contributed by atoms with Gasteiger partial charge in [0, 0.05) is 24.4 Å². The predicted octanol–water partition coefficient (Wildman–Crippen LogP) is 3.31. The second kappa shape index (κ2) is 5.29. The molecule has 1 fully saturated rings. The number of nitrogens with zero attached hydrogens (tertiary/aromatic N) is 4. The minimum Gasteiger partial charge on any atom is -0.310 e. The summed E-state index contributed by atoms with van der Waals surface area (Å²) in [7, 11) is 0. The highest BCUT2D eigenvalue weighted by molar-refractivity contribution is 6.34. The van der Waals surface area contributed by atoms with E-state index in [1.807, 2.05) is 19.1 Å². The minimum atomic E-state index is 0.0318. The average Bonchev–Trinajstić information content (AvgIpc) is 2.68. The molecule has 0 radical (unpaired) electrons. The Bertz CT molecular complexity index is 505. The van der Waals surface area contributed by atoms with Crippen LogP contribution in [0.5, 0.6) is 0 Å². The van der Waals surface area contributed by atoms with Gasteiger partial charge in [-0.25, -0.2) is 0 Å². The number of para-hydroxylation sites is 1. The van der Waals surface area contributed by atoms with Crippen LogP contribution >= 0.6 is 11.6 Å². The van der Waals surface area contributed by atoms with Crippen LogP contribution in [0.15, 0.2) is 23.3 Å². The molecule has 1 aliphatic heterocycles. The molecule has 1 atom stereocenters. The quantitative estimate of drug-likeness (QED) is 0.469. The van der Waals surface area contributed by atoms with Crippen LogP contribution in [-0.2, 0) is 4.79 Å². The van der Waals surface area contributed by atoms with Gasteiger partial charge in [0.1, 0.15) is 0 Å². The molecular formula is C12H13ClN4O. The second-order valence-electron chi connectivity index (χ2n) is 4.39. The summed E-state index contributed by atoms with van der Waals surface area (Å²) in [5.74, 6) is 0.105. The van der Waals surface area contributed by atoms with Crippen molar-refractivity contribution in [2.75, 3.05) is 18.0 Å². The van der Waals surface area contributed by atoms with Crippen LogP contribution in [0.3, 0.4) is 0 Å². The molecule has 6 heteroatoms. The van der Waals surface area contributed by atoms with Crippen LogP contribution < -0.4 is 4.90 Å². The van der Waals surface area contributed by atoms with Crippen LogP contribution in [0.25, 0.3) is 10.4 Å². The van der Waals surface area contributed by atoms with Crippen molar-refractivity contribution in [3.63, 3.8) is 0 Å². The summed E-state index contributed by atoms with van der Waals surface area (Å²) in [6, 6.07) is 5.56. The van der Waals surface area contributed by atoms with Crippen LogP contribution in [0, 0.1) is 12.8 Å². The molecular weight excluding hydrogens is 252 g/mol. The number of amides is 1. The number of benzene rings is 1. The van der Waals surface area contributed by atoms with Gasteiger partial charge in [-0.3, -0.25) is 4.79 Å². The van der Waals surface area contributed by atoms with Gasteiger partial charge in [0.25, 0.3) is 0 Å². The highest BCUT2D eigenvalue weighted by Gasteiger charge is 2.31. The van der Waals surface area contributed by atoms with E-state index in [0.717, 1.165) is 11.3 Å². The molecule has 1 heterocycles. The van der Waals surface area contributed by atoms with E-state index < -0.39 is 0 Å². The summed E-state index contributed by atoms with van der Waals surface area (Å²) in [4.78, 5) is 16.4. The van der Waals surface area contributed by atoms with E-state index in [2.05, 4.69) is 10.0 Å². The summed E-state index contributed by atoms with van der Waals surface area (Å²) in [6.45, 7) is 2.83. The molecule has 2 rings (SSSR count). The first kappa shape index (κ1) is 12.7. The molecule has 0 aromatic heterocycles. The van der Waals surface area contributed by atoms with Gasteiger partial charge in [0.15, 0.2) is 0 Å². The van der Waals surface area contributed by atoms with Crippen molar-refractivity contribution in [3.05, 3.63) is 39.2 Å². The third-order valence-corrected chi connectivity index (χ3v) is 3.37. The highest BCUT2D eigenvalue weighted by atomic mass is 35.5. The fourth-order valence-electron chi connectivity index (χ4n) is 2.24. The normalized spacial score (nSPS) is 18.9. The van der Waals surface area contributed by atoms with E-state index in [4.69, 9.17) is 17.1 Å². The van der Waals surface area contributed by atoms with Crippen LogP contribution in [0.2, 0.25) is 5.02 Å². The summed E-state index contributed by atoms with van der Waals surface area (Å²) in [5, 5.41) is 4.11. The van der Waals surface area contributed by atoms with Crippen molar-refractivity contribution in [1.29, 1.82) is 0 Å². The van der Waals surface area contributed by atoms with Gasteiger partial charge in [-0.15, -0.1) is 0 Å². The third kappa shape index (κ3) is 2.42. The highest BCUT2D eigenvalue weighted by Crippen LogP contribution is 2.33. The maximum atomic E-state index is 12.0. The first-order valence-electron chi connectivity index (χ1n) is 5.70. The lowest BCUT2D eigenvalue weighted by molar-refractivity contribution is -0.117. The van der Waals surface area contributed by atoms with E-state index in [1.54, 1.807) is 11.0 Å². The van der Waals surface area contributed by atoms with E-state index in [-0.39, 0.29) is 11.8 Å². The number of rotatable bonds is 3. The largest absolute Gasteiger partial charge is 0.310 e. The molecule has 1 saturated heterocycles. The maximum Gasteiger partial charge on any atom is 0.227 e. The summed E-state index contributed by atoms with van der Waals surface area (Å²) in [6.07, 6.45) is 0.406. The number of anilines is 1. The zero-order valence-electron chi connectivity index (χ0n) is 10.0. The van der Waals surface area contributed by atoms with Crippen molar-refractivity contribution in [2.45, 2.75) is 13.3 Å². The molecule has 0 bridgehead atoms. The van der Waals surface area contributed by atoms with Gasteiger partial charge in [0.05, 0.1) is 10.7 Å². The number of azide groups is 1. The van der Waals surface area contributed by atoms with E-state index in [0.29, 0.717) is 24.5 Å². The summed E-state index contributed by atoms with van der Waals surface area (Å²) in [5.41, 5.74) is 10.0. The Morgan fingerprint density at radius 1 is 1.61 bits per heavy atom. The van der Waals surface area contributed by atoms with Crippen molar-refractivity contribution >= 4 is 23.2 Å². The Balaban J connectivity index is 2.24. The molecule has 1 aromatic carbocycles. The van der Waals surface area contributed by atoms with Crippen molar-refractivity contribution in [1.82, 2.24) is 0 Å². The molecule has 94 valence electrons. The molecule has 1 aliphatic rings. The molecule has 18 heavy (non-hydrogen) atoms. The number of hydrogen-bond donors (Lipinski definition) is 0. The summed E-state index contributed by atoms with van der Waals surface area (Å²) >= 11 is 6.15. The Morgan fingerprint density at radius 2 is 2.39 bits per heavy atom. The number of hydrogen-bond acceptors (Lipinski definition) is 2. The average molecular weight is 265 g/mol. The topological polar surface area (TPSA) is 69.1 Å². The monoisotopic (exact) mass is 264 g/mol. The molecule has 0 N–H and O–H groups in total. The van der Waals surface area contributed by atoms with Gasteiger partial charge in [-0.2, -0.15) is 0 Å². The zero-order chi connectivity index (χ0) is 13.1. The number of aryl methyl sites for hydroxylation is 1. The van der Waals surface area contributed by atoms with Crippen molar-refractivity contribution in [2.24, 2.45) is 11.0 Å².